The summed E-state index contributed by atoms with van der Waals surface area (Å²) in [4.78, 5) is 24.9. The van der Waals surface area contributed by atoms with Gasteiger partial charge in [-0.3, -0.25) is 4.79 Å². The van der Waals surface area contributed by atoms with Gasteiger partial charge in [0.05, 0.1) is 0 Å². The van der Waals surface area contributed by atoms with Crippen molar-refractivity contribution in [2.45, 2.75) is 51.6 Å². The molecule has 120 valence electrons. The lowest BCUT2D eigenvalue weighted by atomic mass is 10.0. The van der Waals surface area contributed by atoms with Crippen LogP contribution in [0.25, 0.3) is 0 Å². The molecule has 1 aliphatic rings. The van der Waals surface area contributed by atoms with Crippen LogP contribution < -0.4 is 4.74 Å². The Kier molecular flexibility index (Phi) is 5.06. The third-order valence-electron chi connectivity index (χ3n) is 3.89. The van der Waals surface area contributed by atoms with Crippen molar-refractivity contribution in [2.75, 3.05) is 6.61 Å². The van der Waals surface area contributed by atoms with Gasteiger partial charge in [-0.1, -0.05) is 26.0 Å². The summed E-state index contributed by atoms with van der Waals surface area (Å²) < 4.78 is 5.56. The number of carbonyl (C=O) groups excluding carboxylic acids is 1. The zero-order chi connectivity index (χ0) is 16.3. The first-order valence-electron chi connectivity index (χ1n) is 7.67. The normalized spacial score (nSPS) is 15.5. The number of nitrogens with zero attached hydrogens (tertiary/aromatic N) is 1. The van der Waals surface area contributed by atoms with Crippen LogP contribution in [0.1, 0.15) is 45.1 Å². The summed E-state index contributed by atoms with van der Waals surface area (Å²) in [7, 11) is 0. The Hall–Kier alpha value is -2.04. The number of ether oxygens (including phenoxy) is 1. The fraction of sp³-hybridized carbons (Fsp3) is 0.529. The summed E-state index contributed by atoms with van der Waals surface area (Å²) in [5, 5.41) is 9.13. The number of aliphatic carboxylic acids is 1. The molecular weight excluding hydrogens is 282 g/mol. The van der Waals surface area contributed by atoms with Gasteiger partial charge >= 0.3 is 5.97 Å². The van der Waals surface area contributed by atoms with Crippen LogP contribution in [0.4, 0.5) is 0 Å². The maximum atomic E-state index is 12.3. The standard InChI is InChI=1S/C17H23NO4/c1-11(2)13-5-4-6-15(9-13)22-10-16(19)18(14-7-8-14)12(3)17(20)21/h4-6,9,11-12,14H,7-8,10H2,1-3H3,(H,20,21). The molecule has 5 nitrogen and oxygen atoms in total. The highest BCUT2D eigenvalue weighted by atomic mass is 16.5. The molecule has 22 heavy (non-hydrogen) atoms. The number of hydrogen-bond donors (Lipinski definition) is 1. The number of carboxylic acids is 1. The molecule has 1 N–H and O–H groups in total. The number of hydrogen-bond acceptors (Lipinski definition) is 3. The summed E-state index contributed by atoms with van der Waals surface area (Å²) in [6, 6.07) is 6.87. The highest BCUT2D eigenvalue weighted by Crippen LogP contribution is 2.29. The largest absolute Gasteiger partial charge is 0.484 e. The molecule has 1 atom stereocenters. The van der Waals surface area contributed by atoms with Crippen LogP contribution in [0.5, 0.6) is 5.75 Å². The minimum Gasteiger partial charge on any atom is -0.484 e. The van der Waals surface area contributed by atoms with Crippen LogP contribution in [0.15, 0.2) is 24.3 Å². The maximum absolute atomic E-state index is 12.3. The number of amides is 1. The molecule has 0 saturated heterocycles. The number of benzene rings is 1. The lowest BCUT2D eigenvalue weighted by Crippen LogP contribution is -2.46. The van der Waals surface area contributed by atoms with E-state index in [1.807, 2.05) is 18.2 Å². The van der Waals surface area contributed by atoms with E-state index in [9.17, 15) is 9.59 Å². The first-order chi connectivity index (χ1) is 10.4. The third-order valence-corrected chi connectivity index (χ3v) is 3.89. The molecule has 0 spiro atoms. The van der Waals surface area contributed by atoms with Gasteiger partial charge in [-0.2, -0.15) is 0 Å². The monoisotopic (exact) mass is 305 g/mol. The summed E-state index contributed by atoms with van der Waals surface area (Å²) in [6.07, 6.45) is 1.73. The van der Waals surface area contributed by atoms with E-state index in [0.717, 1.165) is 18.4 Å². The number of carbonyl (C=O) groups is 2. The molecule has 0 aliphatic heterocycles. The second-order valence-corrected chi connectivity index (χ2v) is 6.06. The van der Waals surface area contributed by atoms with E-state index in [1.165, 1.54) is 11.8 Å². The smallest absolute Gasteiger partial charge is 0.326 e. The van der Waals surface area contributed by atoms with Crippen molar-refractivity contribution in [3.8, 4) is 5.75 Å². The van der Waals surface area contributed by atoms with Crippen LogP contribution in [0, 0.1) is 0 Å². The lowest BCUT2D eigenvalue weighted by Gasteiger charge is -2.26. The molecule has 1 aromatic carbocycles. The fourth-order valence-electron chi connectivity index (χ4n) is 2.39. The van der Waals surface area contributed by atoms with E-state index in [-0.39, 0.29) is 18.6 Å². The molecule has 1 fully saturated rings. The average Bonchev–Trinajstić information content (AvgIpc) is 3.30. The number of rotatable bonds is 7. The Labute approximate surface area is 130 Å². The van der Waals surface area contributed by atoms with Crippen LogP contribution in [0.2, 0.25) is 0 Å². The van der Waals surface area contributed by atoms with Gasteiger partial charge in [-0.25, -0.2) is 4.79 Å². The predicted molar refractivity (Wildman–Crippen MR) is 83.0 cm³/mol. The molecule has 0 radical (unpaired) electrons. The third kappa shape index (κ3) is 4.00. The van der Waals surface area contributed by atoms with Crippen molar-refractivity contribution in [3.63, 3.8) is 0 Å². The minimum absolute atomic E-state index is 0.0456. The van der Waals surface area contributed by atoms with Gasteiger partial charge < -0.3 is 14.7 Å². The summed E-state index contributed by atoms with van der Waals surface area (Å²) in [6.45, 7) is 5.59. The van der Waals surface area contributed by atoms with E-state index in [1.54, 1.807) is 6.07 Å². The zero-order valence-corrected chi connectivity index (χ0v) is 13.3. The van der Waals surface area contributed by atoms with Crippen molar-refractivity contribution in [1.82, 2.24) is 4.90 Å². The molecule has 5 heteroatoms. The summed E-state index contributed by atoms with van der Waals surface area (Å²) >= 11 is 0. The van der Waals surface area contributed by atoms with Gasteiger partial charge in [-0.05, 0) is 43.4 Å². The molecule has 1 unspecified atom stereocenters. The van der Waals surface area contributed by atoms with E-state index < -0.39 is 12.0 Å². The topological polar surface area (TPSA) is 66.8 Å². The zero-order valence-electron chi connectivity index (χ0n) is 13.3. The molecule has 1 aromatic rings. The van der Waals surface area contributed by atoms with Crippen molar-refractivity contribution in [2.24, 2.45) is 0 Å². The molecule has 0 heterocycles. The van der Waals surface area contributed by atoms with Crippen molar-refractivity contribution in [1.29, 1.82) is 0 Å². The molecule has 1 saturated carbocycles. The Balaban J connectivity index is 1.99. The molecule has 1 amide bonds. The summed E-state index contributed by atoms with van der Waals surface area (Å²) in [5.41, 5.74) is 1.14. The second-order valence-electron chi connectivity index (χ2n) is 6.06. The second kappa shape index (κ2) is 6.81. The van der Waals surface area contributed by atoms with Crippen LogP contribution in [0.3, 0.4) is 0 Å². The van der Waals surface area contributed by atoms with Gasteiger partial charge in [0, 0.05) is 6.04 Å². The van der Waals surface area contributed by atoms with Crippen molar-refractivity contribution >= 4 is 11.9 Å². The lowest BCUT2D eigenvalue weighted by molar-refractivity contribution is -0.150. The quantitative estimate of drug-likeness (QED) is 0.841. The summed E-state index contributed by atoms with van der Waals surface area (Å²) in [5.74, 6) is -0.234. The number of carboxylic acid groups (broad SMARTS) is 1. The Morgan fingerprint density at radius 2 is 2.00 bits per heavy atom. The maximum Gasteiger partial charge on any atom is 0.326 e. The first-order valence-corrected chi connectivity index (χ1v) is 7.67. The van der Waals surface area contributed by atoms with E-state index in [2.05, 4.69) is 13.8 Å². The SMILES string of the molecule is CC(C)c1cccc(OCC(=O)N(C2CC2)C(C)C(=O)O)c1. The van der Waals surface area contributed by atoms with Crippen molar-refractivity contribution < 1.29 is 19.4 Å². The highest BCUT2D eigenvalue weighted by Gasteiger charge is 2.38. The Morgan fingerprint density at radius 1 is 1.32 bits per heavy atom. The fourth-order valence-corrected chi connectivity index (χ4v) is 2.39. The molecular formula is C17H23NO4. The van der Waals surface area contributed by atoms with Crippen molar-refractivity contribution in [3.05, 3.63) is 29.8 Å². The van der Waals surface area contributed by atoms with E-state index >= 15 is 0 Å². The van der Waals surface area contributed by atoms with Gasteiger partial charge in [0.15, 0.2) is 6.61 Å². The van der Waals surface area contributed by atoms with Crippen LogP contribution >= 0.6 is 0 Å². The average molecular weight is 305 g/mol. The van der Waals surface area contributed by atoms with Crippen LogP contribution in [-0.4, -0.2) is 40.6 Å². The van der Waals surface area contributed by atoms with E-state index in [4.69, 9.17) is 9.84 Å². The molecule has 2 rings (SSSR count). The van der Waals surface area contributed by atoms with Gasteiger partial charge in [0.25, 0.3) is 5.91 Å². The Bertz CT molecular complexity index is 551. The molecule has 1 aliphatic carbocycles. The van der Waals surface area contributed by atoms with Gasteiger partial charge in [0.2, 0.25) is 0 Å². The highest BCUT2D eigenvalue weighted by molar-refractivity contribution is 5.84. The Morgan fingerprint density at radius 3 is 2.55 bits per heavy atom. The van der Waals surface area contributed by atoms with Gasteiger partial charge in [-0.15, -0.1) is 0 Å². The van der Waals surface area contributed by atoms with E-state index in [0.29, 0.717) is 11.7 Å². The molecule has 0 bridgehead atoms. The van der Waals surface area contributed by atoms with Gasteiger partial charge in [0.1, 0.15) is 11.8 Å². The molecule has 0 aromatic heterocycles. The first kappa shape index (κ1) is 16.3. The minimum atomic E-state index is -0.984. The predicted octanol–water partition coefficient (Wildman–Crippen LogP) is 2.65. The van der Waals surface area contributed by atoms with Crippen LogP contribution in [-0.2, 0) is 9.59 Å².